The molecule has 0 amide bonds. The van der Waals surface area contributed by atoms with Crippen molar-refractivity contribution >= 4 is 11.3 Å². The summed E-state index contributed by atoms with van der Waals surface area (Å²) in [6.07, 6.45) is 1.33. The number of nitrogens with zero attached hydrogens (tertiary/aromatic N) is 2. The SMILES string of the molecule is CCOc1cc(-c2cc(=O)[nH]cn2)sc1-c1noc(=O)[nH]1. The van der Waals surface area contributed by atoms with Crippen molar-refractivity contribution in [3.63, 3.8) is 0 Å². The number of aromatic nitrogens is 4. The lowest BCUT2D eigenvalue weighted by atomic mass is 10.3. The highest BCUT2D eigenvalue weighted by atomic mass is 32.1. The molecule has 0 aromatic carbocycles. The molecule has 9 heteroatoms. The Morgan fingerprint density at radius 2 is 2.24 bits per heavy atom. The van der Waals surface area contributed by atoms with Crippen molar-refractivity contribution < 1.29 is 9.26 Å². The maximum Gasteiger partial charge on any atom is 0.439 e. The molecule has 0 saturated carbocycles. The predicted molar refractivity (Wildman–Crippen MR) is 75.5 cm³/mol. The first kappa shape index (κ1) is 13.3. The quantitative estimate of drug-likeness (QED) is 0.749. The largest absolute Gasteiger partial charge is 0.492 e. The Bertz CT molecular complexity index is 876. The Morgan fingerprint density at radius 1 is 1.38 bits per heavy atom. The molecule has 0 atom stereocenters. The average Bonchev–Trinajstić information content (AvgIpc) is 3.06. The van der Waals surface area contributed by atoms with Gasteiger partial charge < -0.3 is 9.72 Å². The van der Waals surface area contributed by atoms with Gasteiger partial charge in [0.05, 0.1) is 23.5 Å². The molecule has 0 radical (unpaired) electrons. The summed E-state index contributed by atoms with van der Waals surface area (Å²) < 4.78 is 10.0. The fourth-order valence-electron chi connectivity index (χ4n) is 1.76. The van der Waals surface area contributed by atoms with Crippen LogP contribution in [0, 0.1) is 0 Å². The van der Waals surface area contributed by atoms with E-state index in [1.807, 2.05) is 6.92 Å². The van der Waals surface area contributed by atoms with Gasteiger partial charge in [-0.2, -0.15) is 0 Å². The van der Waals surface area contributed by atoms with E-state index in [-0.39, 0.29) is 11.4 Å². The number of aromatic amines is 2. The van der Waals surface area contributed by atoms with Crippen LogP contribution in [0.1, 0.15) is 6.92 Å². The first-order chi connectivity index (χ1) is 10.2. The monoisotopic (exact) mass is 306 g/mol. The Hall–Kier alpha value is -2.68. The molecular weight excluding hydrogens is 296 g/mol. The van der Waals surface area contributed by atoms with Gasteiger partial charge in [-0.15, -0.1) is 11.3 Å². The van der Waals surface area contributed by atoms with Gasteiger partial charge in [-0.05, 0) is 6.92 Å². The summed E-state index contributed by atoms with van der Waals surface area (Å²) in [5.41, 5.74) is 0.268. The number of hydrogen-bond acceptors (Lipinski definition) is 7. The van der Waals surface area contributed by atoms with Gasteiger partial charge in [-0.3, -0.25) is 14.3 Å². The van der Waals surface area contributed by atoms with Crippen molar-refractivity contribution in [2.24, 2.45) is 0 Å². The zero-order chi connectivity index (χ0) is 14.8. The topological polar surface area (TPSA) is 114 Å². The fraction of sp³-hybridized carbons (Fsp3) is 0.167. The number of hydrogen-bond donors (Lipinski definition) is 2. The van der Waals surface area contributed by atoms with Crippen LogP contribution in [0.3, 0.4) is 0 Å². The van der Waals surface area contributed by atoms with Crippen LogP contribution in [-0.4, -0.2) is 26.7 Å². The van der Waals surface area contributed by atoms with Gasteiger partial charge in [0.1, 0.15) is 10.6 Å². The number of nitrogens with one attached hydrogen (secondary N) is 2. The molecule has 8 nitrogen and oxygen atoms in total. The van der Waals surface area contributed by atoms with Gasteiger partial charge in [0.15, 0.2) is 5.82 Å². The normalized spacial score (nSPS) is 10.7. The molecule has 0 fully saturated rings. The fourth-order valence-corrected chi connectivity index (χ4v) is 2.76. The van der Waals surface area contributed by atoms with Crippen molar-refractivity contribution in [2.45, 2.75) is 6.92 Å². The highest BCUT2D eigenvalue weighted by Gasteiger charge is 2.17. The molecule has 0 saturated heterocycles. The molecule has 0 unspecified atom stereocenters. The minimum atomic E-state index is -0.642. The van der Waals surface area contributed by atoms with Crippen LogP contribution in [0.25, 0.3) is 21.3 Å². The summed E-state index contributed by atoms with van der Waals surface area (Å²) >= 11 is 1.29. The Morgan fingerprint density at radius 3 is 2.90 bits per heavy atom. The van der Waals surface area contributed by atoms with Crippen molar-refractivity contribution in [1.82, 2.24) is 20.1 Å². The molecule has 0 aliphatic carbocycles. The van der Waals surface area contributed by atoms with Crippen LogP contribution in [0.15, 0.2) is 32.6 Å². The van der Waals surface area contributed by atoms with E-state index in [9.17, 15) is 9.59 Å². The molecule has 2 N–H and O–H groups in total. The number of rotatable bonds is 4. The highest BCUT2D eigenvalue weighted by Crippen LogP contribution is 2.40. The molecule has 3 rings (SSSR count). The van der Waals surface area contributed by atoms with E-state index in [0.717, 1.165) is 4.88 Å². The smallest absolute Gasteiger partial charge is 0.439 e. The predicted octanol–water partition coefficient (Wildman–Crippen LogP) is 1.24. The number of H-pyrrole nitrogens is 2. The van der Waals surface area contributed by atoms with Gasteiger partial charge in [0.2, 0.25) is 0 Å². The van der Waals surface area contributed by atoms with Crippen LogP contribution in [0.2, 0.25) is 0 Å². The summed E-state index contributed by atoms with van der Waals surface area (Å²) in [5.74, 6) is 0.186. The first-order valence-corrected chi connectivity index (χ1v) is 6.87. The van der Waals surface area contributed by atoms with Crippen LogP contribution >= 0.6 is 11.3 Å². The van der Waals surface area contributed by atoms with Crippen molar-refractivity contribution in [1.29, 1.82) is 0 Å². The third-order valence-corrected chi connectivity index (χ3v) is 3.73. The molecule has 3 aromatic rings. The van der Waals surface area contributed by atoms with Gasteiger partial charge >= 0.3 is 5.76 Å². The van der Waals surface area contributed by atoms with E-state index in [1.165, 1.54) is 23.7 Å². The minimum Gasteiger partial charge on any atom is -0.492 e. The zero-order valence-electron chi connectivity index (χ0n) is 10.9. The maximum atomic E-state index is 11.4. The van der Waals surface area contributed by atoms with Crippen molar-refractivity contribution in [3.8, 4) is 27.0 Å². The third kappa shape index (κ3) is 2.63. The molecule has 0 aliphatic rings. The standard InChI is InChI=1S/C12H10N4O4S/c1-2-19-7-4-8(6-3-9(17)14-5-13-6)21-10(7)11-15-12(18)20-16-11/h3-5H,2H2,1H3,(H,13,14,17)(H,15,16,18). The van der Waals surface area contributed by atoms with E-state index in [1.54, 1.807) is 6.07 Å². The lowest BCUT2D eigenvalue weighted by Gasteiger charge is -2.00. The molecule has 0 aliphatic heterocycles. The van der Waals surface area contributed by atoms with Gasteiger partial charge in [0.25, 0.3) is 5.56 Å². The molecule has 0 bridgehead atoms. The summed E-state index contributed by atoms with van der Waals surface area (Å²) in [4.78, 5) is 32.8. The van der Waals surface area contributed by atoms with E-state index in [0.29, 0.717) is 22.9 Å². The molecule has 108 valence electrons. The van der Waals surface area contributed by atoms with Gasteiger partial charge in [-0.1, -0.05) is 5.16 Å². The van der Waals surface area contributed by atoms with Crippen LogP contribution in [0.4, 0.5) is 0 Å². The maximum absolute atomic E-state index is 11.4. The van der Waals surface area contributed by atoms with Crippen molar-refractivity contribution in [3.05, 3.63) is 39.4 Å². The van der Waals surface area contributed by atoms with E-state index < -0.39 is 5.76 Å². The average molecular weight is 306 g/mol. The zero-order valence-corrected chi connectivity index (χ0v) is 11.7. The van der Waals surface area contributed by atoms with Crippen LogP contribution < -0.4 is 16.1 Å². The van der Waals surface area contributed by atoms with E-state index in [4.69, 9.17) is 4.74 Å². The van der Waals surface area contributed by atoms with Gasteiger partial charge in [0, 0.05) is 12.1 Å². The number of thiophene rings is 1. The summed E-state index contributed by atoms with van der Waals surface area (Å²) in [6, 6.07) is 3.13. The second-order valence-corrected chi connectivity index (χ2v) is 5.03. The number of ether oxygens (including phenoxy) is 1. The van der Waals surface area contributed by atoms with E-state index in [2.05, 4.69) is 24.6 Å². The Balaban J connectivity index is 2.12. The molecule has 3 aromatic heterocycles. The minimum absolute atomic E-state index is 0.247. The Kier molecular flexibility index (Phi) is 3.40. The second kappa shape index (κ2) is 5.37. The molecule has 21 heavy (non-hydrogen) atoms. The van der Waals surface area contributed by atoms with Crippen molar-refractivity contribution in [2.75, 3.05) is 6.61 Å². The highest BCUT2D eigenvalue weighted by molar-refractivity contribution is 7.19. The lowest BCUT2D eigenvalue weighted by molar-refractivity contribution is 0.342. The van der Waals surface area contributed by atoms with Gasteiger partial charge in [-0.25, -0.2) is 9.78 Å². The summed E-state index contributed by atoms with van der Waals surface area (Å²) in [6.45, 7) is 2.30. The van der Waals surface area contributed by atoms with Crippen LogP contribution in [0.5, 0.6) is 5.75 Å². The summed E-state index contributed by atoms with van der Waals surface area (Å²) in [5, 5.41) is 3.65. The van der Waals surface area contributed by atoms with Crippen LogP contribution in [-0.2, 0) is 0 Å². The molecule has 0 spiro atoms. The third-order valence-electron chi connectivity index (χ3n) is 2.58. The second-order valence-electron chi connectivity index (χ2n) is 3.98. The summed E-state index contributed by atoms with van der Waals surface area (Å²) in [7, 11) is 0. The van der Waals surface area contributed by atoms with E-state index >= 15 is 0 Å². The Labute approximate surface area is 121 Å². The first-order valence-electron chi connectivity index (χ1n) is 6.05. The molecule has 3 heterocycles. The lowest BCUT2D eigenvalue weighted by Crippen LogP contribution is -2.03. The molecular formula is C12H10N4O4S.